The Kier molecular flexibility index (Phi) is 7.73. The molecule has 0 spiro atoms. The van der Waals surface area contributed by atoms with Gasteiger partial charge in [-0.05, 0) is 55.1 Å². The maximum atomic E-state index is 12.9. The molecule has 0 aliphatic carbocycles. The number of imidazole rings is 1. The van der Waals surface area contributed by atoms with Gasteiger partial charge in [0.05, 0.1) is 18.3 Å². The van der Waals surface area contributed by atoms with E-state index in [-0.39, 0.29) is 21.4 Å². The number of carbonyl (C=O) groups excluding carboxylic acids is 1. The number of aryl methyl sites for hydroxylation is 1. The number of fused-ring (bicyclic) bond motifs is 1. The second-order valence-corrected chi connectivity index (χ2v) is 9.29. The summed E-state index contributed by atoms with van der Waals surface area (Å²) in [6.45, 7) is 1.28. The summed E-state index contributed by atoms with van der Waals surface area (Å²) in [6, 6.07) is 3.96. The van der Waals surface area contributed by atoms with Gasteiger partial charge in [-0.25, -0.2) is 9.97 Å². The number of halogens is 3. The van der Waals surface area contributed by atoms with Gasteiger partial charge in [-0.2, -0.15) is 0 Å². The molecule has 1 aliphatic rings. The summed E-state index contributed by atoms with van der Waals surface area (Å²) in [6.07, 6.45) is -0.902. The lowest BCUT2D eigenvalue weighted by molar-refractivity contribution is -0.275. The third kappa shape index (κ3) is 6.10. The molecule has 10 nitrogen and oxygen atoms in total. The number of hydrogen-bond acceptors (Lipinski definition) is 8. The number of nitrogens with zero attached hydrogens (tertiary/aromatic N) is 4. The van der Waals surface area contributed by atoms with Crippen molar-refractivity contribution in [3.05, 3.63) is 30.0 Å². The van der Waals surface area contributed by atoms with E-state index in [1.54, 1.807) is 9.47 Å². The molecule has 4 rings (SSSR count). The summed E-state index contributed by atoms with van der Waals surface area (Å²) in [7, 11) is 1.41. The van der Waals surface area contributed by atoms with Gasteiger partial charge in [0.15, 0.2) is 16.3 Å². The number of aromatic nitrogens is 4. The van der Waals surface area contributed by atoms with Crippen LogP contribution in [0.5, 0.6) is 11.5 Å². The molecule has 3 heterocycles. The van der Waals surface area contributed by atoms with Crippen LogP contribution in [-0.4, -0.2) is 68.6 Å². The van der Waals surface area contributed by atoms with Crippen molar-refractivity contribution < 1.29 is 32.5 Å². The number of aliphatic hydroxyl groups is 1. The van der Waals surface area contributed by atoms with Crippen LogP contribution in [0.4, 0.5) is 13.2 Å². The third-order valence-electron chi connectivity index (χ3n) is 5.96. The molecular formula is C22H25F3N6O4S. The number of likely N-dealkylation sites (tertiary alicyclic amines) is 1. The first-order valence-electron chi connectivity index (χ1n) is 11.2. The van der Waals surface area contributed by atoms with Crippen LogP contribution in [0, 0.1) is 11.3 Å². The molecule has 0 radical (unpaired) electrons. The number of ether oxygens (including phenoxy) is 2. The van der Waals surface area contributed by atoms with E-state index in [0.29, 0.717) is 42.5 Å². The van der Waals surface area contributed by atoms with Crippen LogP contribution in [-0.2, 0) is 11.3 Å². The highest BCUT2D eigenvalue weighted by atomic mass is 32.2. The third-order valence-corrected chi connectivity index (χ3v) is 6.89. The number of piperidine rings is 1. The van der Waals surface area contributed by atoms with E-state index in [0.717, 1.165) is 31.0 Å². The fourth-order valence-electron chi connectivity index (χ4n) is 4.08. The van der Waals surface area contributed by atoms with E-state index in [9.17, 15) is 18.0 Å². The number of nitrogens with one attached hydrogen (secondary N) is 2. The van der Waals surface area contributed by atoms with Crippen LogP contribution in [0.1, 0.15) is 19.3 Å². The van der Waals surface area contributed by atoms with Crippen LogP contribution < -0.4 is 15.0 Å². The summed E-state index contributed by atoms with van der Waals surface area (Å²) in [4.78, 5) is 25.1. The minimum Gasteiger partial charge on any atom is -0.497 e. The molecule has 36 heavy (non-hydrogen) atoms. The zero-order valence-electron chi connectivity index (χ0n) is 19.3. The minimum absolute atomic E-state index is 0.0335. The average molecular weight is 527 g/mol. The highest BCUT2D eigenvalue weighted by Gasteiger charge is 2.32. The Bertz CT molecular complexity index is 1290. The maximum Gasteiger partial charge on any atom is 0.573 e. The number of benzene rings is 1. The van der Waals surface area contributed by atoms with Crippen molar-refractivity contribution in [3.63, 3.8) is 0 Å². The Morgan fingerprint density at radius 1 is 1.33 bits per heavy atom. The Hall–Kier alpha value is -3.26. The van der Waals surface area contributed by atoms with E-state index in [2.05, 4.69) is 19.7 Å². The van der Waals surface area contributed by atoms with Crippen molar-refractivity contribution in [2.24, 2.45) is 5.92 Å². The summed E-state index contributed by atoms with van der Waals surface area (Å²) >= 11 is 0.925. The highest BCUT2D eigenvalue weighted by molar-refractivity contribution is 7.99. The van der Waals surface area contributed by atoms with Gasteiger partial charge in [0.1, 0.15) is 23.6 Å². The number of H-pyrrole nitrogens is 1. The quantitative estimate of drug-likeness (QED) is 0.412. The Balaban J connectivity index is 1.52. The number of aliphatic hydroxyl groups excluding tert-OH is 1. The standard InChI is InChI=1S/C22H25F3N6O4S/c1-34-14-2-3-15(35-22(23,24)25)16(10-14)36-21-28-18-19(26)27-12-31(20(18)29-21)9-6-13-4-7-30(8-5-13)17(33)11-32/h2-3,10,12-13,26,32H,4-9,11H2,1H3,(H,28,29). The van der Waals surface area contributed by atoms with Gasteiger partial charge in [0, 0.05) is 19.6 Å². The zero-order chi connectivity index (χ0) is 25.9. The van der Waals surface area contributed by atoms with Gasteiger partial charge < -0.3 is 29.0 Å². The molecule has 1 saturated heterocycles. The summed E-state index contributed by atoms with van der Waals surface area (Å²) in [5, 5.41) is 17.4. The van der Waals surface area contributed by atoms with Gasteiger partial charge in [-0.15, -0.1) is 13.2 Å². The molecule has 3 N–H and O–H groups in total. The van der Waals surface area contributed by atoms with Crippen molar-refractivity contribution >= 4 is 28.8 Å². The molecular weight excluding hydrogens is 501 g/mol. The minimum atomic E-state index is -4.86. The van der Waals surface area contributed by atoms with Gasteiger partial charge in [0.25, 0.3) is 0 Å². The van der Waals surface area contributed by atoms with E-state index >= 15 is 0 Å². The van der Waals surface area contributed by atoms with Gasteiger partial charge in [0.2, 0.25) is 5.91 Å². The summed E-state index contributed by atoms with van der Waals surface area (Å²) < 4.78 is 49.7. The smallest absolute Gasteiger partial charge is 0.497 e. The lowest BCUT2D eigenvalue weighted by atomic mass is 9.93. The predicted molar refractivity (Wildman–Crippen MR) is 123 cm³/mol. The SMILES string of the molecule is COc1ccc(OC(F)(F)F)c(Sc2nc3c([nH]2)c(=N)ncn3CCC2CCN(C(=O)CO)CC2)c1. The molecule has 1 aliphatic heterocycles. The summed E-state index contributed by atoms with van der Waals surface area (Å²) in [5.74, 6) is 0.0726. The topological polar surface area (TPSA) is 129 Å². The molecule has 0 atom stereocenters. The number of alkyl halides is 3. The first-order valence-corrected chi connectivity index (χ1v) is 12.0. The molecule has 2 aromatic heterocycles. The Morgan fingerprint density at radius 3 is 2.75 bits per heavy atom. The van der Waals surface area contributed by atoms with E-state index in [1.807, 2.05) is 0 Å². The Morgan fingerprint density at radius 2 is 2.08 bits per heavy atom. The summed E-state index contributed by atoms with van der Waals surface area (Å²) in [5.41, 5.74) is 0.796. The fourth-order valence-corrected chi connectivity index (χ4v) is 4.95. The van der Waals surface area contributed by atoms with Crippen LogP contribution in [0.25, 0.3) is 11.2 Å². The van der Waals surface area contributed by atoms with Gasteiger partial charge >= 0.3 is 6.36 Å². The van der Waals surface area contributed by atoms with Crippen molar-refractivity contribution in [1.82, 2.24) is 24.4 Å². The average Bonchev–Trinajstić information content (AvgIpc) is 3.28. The van der Waals surface area contributed by atoms with Crippen molar-refractivity contribution in [3.8, 4) is 11.5 Å². The lowest BCUT2D eigenvalue weighted by Gasteiger charge is -2.31. The maximum absolute atomic E-state index is 12.9. The number of rotatable bonds is 8. The normalized spacial score (nSPS) is 14.9. The van der Waals surface area contributed by atoms with Crippen LogP contribution in [0.3, 0.4) is 0 Å². The van der Waals surface area contributed by atoms with Crippen LogP contribution in [0.2, 0.25) is 0 Å². The monoisotopic (exact) mass is 526 g/mol. The molecule has 0 bridgehead atoms. The van der Waals surface area contributed by atoms with Crippen molar-refractivity contribution in [2.45, 2.75) is 42.2 Å². The highest BCUT2D eigenvalue weighted by Crippen LogP contribution is 2.39. The number of hydrogen-bond donors (Lipinski definition) is 3. The largest absolute Gasteiger partial charge is 0.573 e. The molecule has 14 heteroatoms. The first-order chi connectivity index (χ1) is 17.2. The Labute approximate surface area is 208 Å². The van der Waals surface area contributed by atoms with E-state index in [4.69, 9.17) is 15.3 Å². The number of amides is 1. The molecule has 3 aromatic rings. The number of methoxy groups -OCH3 is 1. The molecule has 1 fully saturated rings. The fraction of sp³-hybridized carbons (Fsp3) is 0.455. The van der Waals surface area contributed by atoms with Gasteiger partial charge in [-0.1, -0.05) is 0 Å². The molecule has 0 saturated carbocycles. The molecule has 0 unspecified atom stereocenters. The molecule has 194 valence electrons. The lowest BCUT2D eigenvalue weighted by Crippen LogP contribution is -2.40. The van der Waals surface area contributed by atoms with Crippen molar-refractivity contribution in [2.75, 3.05) is 26.8 Å². The number of carbonyl (C=O) groups is 1. The number of aromatic amines is 1. The van der Waals surface area contributed by atoms with E-state index in [1.165, 1.54) is 31.6 Å². The van der Waals surface area contributed by atoms with Crippen LogP contribution >= 0.6 is 11.8 Å². The first kappa shape index (κ1) is 25.8. The van der Waals surface area contributed by atoms with E-state index < -0.39 is 18.7 Å². The second kappa shape index (κ2) is 10.8. The second-order valence-electron chi connectivity index (χ2n) is 8.26. The predicted octanol–water partition coefficient (Wildman–Crippen LogP) is 2.92. The molecule has 1 amide bonds. The molecule has 1 aromatic carbocycles. The van der Waals surface area contributed by atoms with Crippen molar-refractivity contribution in [1.29, 1.82) is 5.41 Å². The van der Waals surface area contributed by atoms with Gasteiger partial charge in [-0.3, -0.25) is 10.2 Å². The van der Waals surface area contributed by atoms with Crippen LogP contribution in [0.15, 0.2) is 34.6 Å². The zero-order valence-corrected chi connectivity index (χ0v) is 20.2.